The lowest BCUT2D eigenvalue weighted by Crippen LogP contribution is -2.46. The van der Waals surface area contributed by atoms with Crippen molar-refractivity contribution in [3.63, 3.8) is 0 Å². The SMILES string of the molecule is Cc1nc2ccc(S(=O)(=O)NCC(C)(O)C(=O)O)cc2s1. The summed E-state index contributed by atoms with van der Waals surface area (Å²) in [6.45, 7) is 2.22. The summed E-state index contributed by atoms with van der Waals surface area (Å²) < 4.78 is 27.1. The van der Waals surface area contributed by atoms with E-state index in [0.29, 0.717) is 5.52 Å². The number of nitrogens with zero attached hydrogens (tertiary/aromatic N) is 1. The van der Waals surface area contributed by atoms with Gasteiger partial charge in [0.25, 0.3) is 0 Å². The fraction of sp³-hybridized carbons (Fsp3) is 0.333. The molecule has 1 aromatic carbocycles. The van der Waals surface area contributed by atoms with Crippen LogP contribution in [0.4, 0.5) is 0 Å². The number of aromatic nitrogens is 1. The maximum Gasteiger partial charge on any atom is 0.336 e. The molecule has 9 heteroatoms. The molecule has 114 valence electrons. The van der Waals surface area contributed by atoms with E-state index >= 15 is 0 Å². The standard InChI is InChI=1S/C12H14N2O5S2/c1-7-14-9-4-3-8(5-10(9)20-7)21(18,19)13-6-12(2,17)11(15)16/h3-5,13,17H,6H2,1-2H3,(H,15,16). The molecule has 0 aliphatic heterocycles. The van der Waals surface area contributed by atoms with E-state index < -0.39 is 28.1 Å². The number of nitrogens with one attached hydrogen (secondary N) is 1. The van der Waals surface area contributed by atoms with Gasteiger partial charge in [0.15, 0.2) is 5.60 Å². The van der Waals surface area contributed by atoms with Gasteiger partial charge in [0.2, 0.25) is 10.0 Å². The Bertz CT molecular complexity index is 795. The number of hydrogen-bond acceptors (Lipinski definition) is 6. The van der Waals surface area contributed by atoms with Gasteiger partial charge >= 0.3 is 5.97 Å². The van der Waals surface area contributed by atoms with E-state index in [-0.39, 0.29) is 4.90 Å². The zero-order chi connectivity index (χ0) is 15.8. The van der Waals surface area contributed by atoms with Gasteiger partial charge in [0, 0.05) is 0 Å². The number of carboxylic acids is 1. The molecular formula is C12H14N2O5S2. The summed E-state index contributed by atoms with van der Waals surface area (Å²) in [7, 11) is -3.90. The minimum Gasteiger partial charge on any atom is -0.479 e. The first-order valence-electron chi connectivity index (χ1n) is 5.94. The number of sulfonamides is 1. The van der Waals surface area contributed by atoms with Gasteiger partial charge in [-0.15, -0.1) is 11.3 Å². The number of fused-ring (bicyclic) bond motifs is 1. The van der Waals surface area contributed by atoms with Crippen LogP contribution in [0.25, 0.3) is 10.2 Å². The van der Waals surface area contributed by atoms with Crippen LogP contribution in [0.15, 0.2) is 23.1 Å². The Morgan fingerprint density at radius 2 is 2.14 bits per heavy atom. The summed E-state index contributed by atoms with van der Waals surface area (Å²) >= 11 is 1.36. The number of aliphatic carboxylic acids is 1. The first-order valence-corrected chi connectivity index (χ1v) is 8.24. The molecule has 0 aliphatic carbocycles. The number of carbonyl (C=O) groups is 1. The Morgan fingerprint density at radius 3 is 2.76 bits per heavy atom. The monoisotopic (exact) mass is 330 g/mol. The van der Waals surface area contributed by atoms with Crippen LogP contribution < -0.4 is 4.72 Å². The average Bonchev–Trinajstić information content (AvgIpc) is 2.75. The van der Waals surface area contributed by atoms with Gasteiger partial charge in [-0.3, -0.25) is 0 Å². The van der Waals surface area contributed by atoms with Crippen molar-refractivity contribution >= 4 is 37.5 Å². The van der Waals surface area contributed by atoms with Crippen molar-refractivity contribution in [1.29, 1.82) is 0 Å². The second kappa shape index (κ2) is 5.34. The zero-order valence-electron chi connectivity index (χ0n) is 11.3. The molecule has 3 N–H and O–H groups in total. The molecule has 7 nitrogen and oxygen atoms in total. The summed E-state index contributed by atoms with van der Waals surface area (Å²) in [5, 5.41) is 19.1. The Kier molecular flexibility index (Phi) is 4.02. The minimum absolute atomic E-state index is 0.000149. The highest BCUT2D eigenvalue weighted by atomic mass is 32.2. The average molecular weight is 330 g/mol. The van der Waals surface area contributed by atoms with E-state index in [1.165, 1.54) is 23.5 Å². The Labute approximate surface area is 125 Å². The van der Waals surface area contributed by atoms with Crippen LogP contribution in [-0.4, -0.2) is 41.7 Å². The summed E-state index contributed by atoms with van der Waals surface area (Å²) in [6, 6.07) is 4.44. The molecule has 1 heterocycles. The maximum atomic E-state index is 12.1. The Hall–Kier alpha value is -1.55. The molecule has 1 aromatic heterocycles. The van der Waals surface area contributed by atoms with Crippen LogP contribution in [0.3, 0.4) is 0 Å². The summed E-state index contributed by atoms with van der Waals surface area (Å²) in [5.74, 6) is -1.50. The molecule has 0 fully saturated rings. The van der Waals surface area contributed by atoms with Crippen LogP contribution in [0.5, 0.6) is 0 Å². The van der Waals surface area contributed by atoms with Crippen molar-refractivity contribution in [2.45, 2.75) is 24.3 Å². The van der Waals surface area contributed by atoms with E-state index in [0.717, 1.165) is 16.6 Å². The van der Waals surface area contributed by atoms with Crippen molar-refractivity contribution in [2.75, 3.05) is 6.54 Å². The van der Waals surface area contributed by atoms with Gasteiger partial charge in [-0.2, -0.15) is 0 Å². The molecular weight excluding hydrogens is 316 g/mol. The molecule has 2 rings (SSSR count). The number of aliphatic hydroxyl groups is 1. The number of benzene rings is 1. The first-order chi connectivity index (χ1) is 9.62. The fourth-order valence-corrected chi connectivity index (χ4v) is 3.68. The number of aryl methyl sites for hydroxylation is 1. The molecule has 21 heavy (non-hydrogen) atoms. The second-order valence-corrected chi connectivity index (χ2v) is 7.77. The highest BCUT2D eigenvalue weighted by Gasteiger charge is 2.31. The van der Waals surface area contributed by atoms with Crippen molar-refractivity contribution in [1.82, 2.24) is 9.71 Å². The molecule has 0 spiro atoms. The highest BCUT2D eigenvalue weighted by Crippen LogP contribution is 2.24. The Balaban J connectivity index is 2.27. The minimum atomic E-state index is -3.90. The topological polar surface area (TPSA) is 117 Å². The van der Waals surface area contributed by atoms with Crippen LogP contribution in [-0.2, 0) is 14.8 Å². The van der Waals surface area contributed by atoms with E-state index in [4.69, 9.17) is 5.11 Å². The van der Waals surface area contributed by atoms with Gasteiger partial charge < -0.3 is 10.2 Å². The quantitative estimate of drug-likeness (QED) is 0.744. The third-order valence-electron chi connectivity index (χ3n) is 2.84. The largest absolute Gasteiger partial charge is 0.479 e. The molecule has 0 bridgehead atoms. The van der Waals surface area contributed by atoms with E-state index in [9.17, 15) is 18.3 Å². The Morgan fingerprint density at radius 1 is 1.48 bits per heavy atom. The van der Waals surface area contributed by atoms with Gasteiger partial charge in [0.05, 0.1) is 26.7 Å². The molecule has 1 unspecified atom stereocenters. The number of hydrogen-bond donors (Lipinski definition) is 3. The smallest absolute Gasteiger partial charge is 0.336 e. The van der Waals surface area contributed by atoms with E-state index in [2.05, 4.69) is 9.71 Å². The summed E-state index contributed by atoms with van der Waals surface area (Å²) in [5.41, 5.74) is -1.47. The third-order valence-corrected chi connectivity index (χ3v) is 5.18. The van der Waals surface area contributed by atoms with E-state index in [1.807, 2.05) is 6.92 Å². The predicted molar refractivity (Wildman–Crippen MR) is 77.8 cm³/mol. The highest BCUT2D eigenvalue weighted by molar-refractivity contribution is 7.89. The molecule has 0 saturated heterocycles. The number of rotatable bonds is 5. The van der Waals surface area contributed by atoms with Crippen LogP contribution in [0.2, 0.25) is 0 Å². The lowest BCUT2D eigenvalue weighted by atomic mass is 10.1. The van der Waals surface area contributed by atoms with Gasteiger partial charge in [0.1, 0.15) is 0 Å². The fourth-order valence-electron chi connectivity index (χ4n) is 1.58. The van der Waals surface area contributed by atoms with Gasteiger partial charge in [-0.1, -0.05) is 0 Å². The molecule has 0 aliphatic rings. The summed E-state index contributed by atoms with van der Waals surface area (Å²) in [4.78, 5) is 15.0. The van der Waals surface area contributed by atoms with Crippen LogP contribution in [0, 0.1) is 6.92 Å². The van der Waals surface area contributed by atoms with Crippen molar-refractivity contribution in [3.05, 3.63) is 23.2 Å². The lowest BCUT2D eigenvalue weighted by molar-refractivity contribution is -0.155. The number of carboxylic acid groups (broad SMARTS) is 1. The van der Waals surface area contributed by atoms with Crippen molar-refractivity contribution < 1.29 is 23.4 Å². The van der Waals surface area contributed by atoms with E-state index in [1.54, 1.807) is 6.07 Å². The van der Waals surface area contributed by atoms with Gasteiger partial charge in [-0.05, 0) is 32.0 Å². The predicted octanol–water partition coefficient (Wildman–Crippen LogP) is 0.719. The zero-order valence-corrected chi connectivity index (χ0v) is 13.0. The van der Waals surface area contributed by atoms with Gasteiger partial charge in [-0.25, -0.2) is 22.9 Å². The molecule has 0 saturated carbocycles. The van der Waals surface area contributed by atoms with Crippen molar-refractivity contribution in [2.24, 2.45) is 0 Å². The maximum absolute atomic E-state index is 12.1. The lowest BCUT2D eigenvalue weighted by Gasteiger charge is -2.18. The van der Waals surface area contributed by atoms with Crippen LogP contribution in [0.1, 0.15) is 11.9 Å². The van der Waals surface area contributed by atoms with Crippen LogP contribution >= 0.6 is 11.3 Å². The first kappa shape index (κ1) is 15.8. The number of thiazole rings is 1. The molecule has 0 amide bonds. The molecule has 0 radical (unpaired) electrons. The molecule has 1 atom stereocenters. The summed E-state index contributed by atoms with van der Waals surface area (Å²) in [6.07, 6.45) is 0. The normalized spacial score (nSPS) is 15.0. The van der Waals surface area contributed by atoms with Crippen molar-refractivity contribution in [3.8, 4) is 0 Å². The molecule has 2 aromatic rings. The second-order valence-electron chi connectivity index (χ2n) is 4.77. The third kappa shape index (κ3) is 3.38.